The SMILES string of the molecule is Cc1ccc(NC(C)Cc2ccco2)cc1O. The summed E-state index contributed by atoms with van der Waals surface area (Å²) in [6, 6.07) is 9.71. The van der Waals surface area contributed by atoms with E-state index in [1.54, 1.807) is 12.3 Å². The van der Waals surface area contributed by atoms with Crippen LogP contribution in [0.2, 0.25) is 0 Å². The molecule has 0 aliphatic rings. The molecule has 0 fully saturated rings. The molecule has 2 N–H and O–H groups in total. The van der Waals surface area contributed by atoms with E-state index in [1.165, 1.54) is 0 Å². The van der Waals surface area contributed by atoms with E-state index < -0.39 is 0 Å². The van der Waals surface area contributed by atoms with Crippen LogP contribution in [0.25, 0.3) is 0 Å². The van der Waals surface area contributed by atoms with Crippen LogP contribution in [0.4, 0.5) is 5.69 Å². The molecule has 0 aliphatic carbocycles. The Kier molecular flexibility index (Phi) is 3.38. The Hall–Kier alpha value is -1.90. The largest absolute Gasteiger partial charge is 0.508 e. The molecule has 1 heterocycles. The molecule has 2 rings (SSSR count). The van der Waals surface area contributed by atoms with Gasteiger partial charge in [0.05, 0.1) is 6.26 Å². The van der Waals surface area contributed by atoms with Crippen molar-refractivity contribution in [1.29, 1.82) is 0 Å². The Labute approximate surface area is 101 Å². The molecule has 3 heteroatoms. The van der Waals surface area contributed by atoms with E-state index in [9.17, 15) is 5.11 Å². The molecule has 3 nitrogen and oxygen atoms in total. The van der Waals surface area contributed by atoms with Gasteiger partial charge in [-0.15, -0.1) is 0 Å². The van der Waals surface area contributed by atoms with Gasteiger partial charge in [-0.25, -0.2) is 0 Å². The van der Waals surface area contributed by atoms with Gasteiger partial charge in [0.2, 0.25) is 0 Å². The predicted octanol–water partition coefficient (Wildman–Crippen LogP) is 3.34. The maximum absolute atomic E-state index is 9.61. The Balaban J connectivity index is 1.98. The van der Waals surface area contributed by atoms with Crippen LogP contribution in [0.3, 0.4) is 0 Å². The first-order valence-electron chi connectivity index (χ1n) is 5.73. The highest BCUT2D eigenvalue weighted by atomic mass is 16.3. The highest BCUT2D eigenvalue weighted by Gasteiger charge is 2.06. The average Bonchev–Trinajstić information content (AvgIpc) is 2.76. The third-order valence-electron chi connectivity index (χ3n) is 2.71. The number of rotatable bonds is 4. The minimum atomic E-state index is 0.253. The maximum Gasteiger partial charge on any atom is 0.120 e. The van der Waals surface area contributed by atoms with Gasteiger partial charge in [0.1, 0.15) is 11.5 Å². The highest BCUT2D eigenvalue weighted by Crippen LogP contribution is 2.21. The quantitative estimate of drug-likeness (QED) is 0.848. The standard InChI is InChI=1S/C14H17NO2/c1-10-5-6-12(9-14(10)16)15-11(2)8-13-4-3-7-17-13/h3-7,9,11,15-16H,8H2,1-2H3. The number of aryl methyl sites for hydroxylation is 1. The number of furan rings is 1. The van der Waals surface area contributed by atoms with Gasteiger partial charge in [0.25, 0.3) is 0 Å². The highest BCUT2D eigenvalue weighted by molar-refractivity contribution is 5.51. The van der Waals surface area contributed by atoms with Crippen molar-refractivity contribution in [2.75, 3.05) is 5.32 Å². The smallest absolute Gasteiger partial charge is 0.120 e. The van der Waals surface area contributed by atoms with E-state index in [0.29, 0.717) is 5.75 Å². The number of benzene rings is 1. The molecule has 1 atom stereocenters. The molecule has 90 valence electrons. The zero-order valence-corrected chi connectivity index (χ0v) is 10.1. The maximum atomic E-state index is 9.61. The third-order valence-corrected chi connectivity index (χ3v) is 2.71. The molecule has 0 spiro atoms. The fourth-order valence-corrected chi connectivity index (χ4v) is 1.77. The molecule has 17 heavy (non-hydrogen) atoms. The summed E-state index contributed by atoms with van der Waals surface area (Å²) in [5, 5.41) is 12.9. The second-order valence-corrected chi connectivity index (χ2v) is 4.33. The molecule has 0 bridgehead atoms. The molecule has 0 saturated carbocycles. The Morgan fingerprint density at radius 3 is 2.82 bits per heavy atom. The van der Waals surface area contributed by atoms with Crippen LogP contribution >= 0.6 is 0 Å². The Morgan fingerprint density at radius 2 is 2.18 bits per heavy atom. The van der Waals surface area contributed by atoms with Crippen LogP contribution in [0.5, 0.6) is 5.75 Å². The van der Waals surface area contributed by atoms with Gasteiger partial charge >= 0.3 is 0 Å². The van der Waals surface area contributed by atoms with Crippen LogP contribution in [0.1, 0.15) is 18.2 Å². The van der Waals surface area contributed by atoms with Crippen molar-refractivity contribution >= 4 is 5.69 Å². The summed E-state index contributed by atoms with van der Waals surface area (Å²) in [5.41, 5.74) is 1.81. The number of hydrogen-bond acceptors (Lipinski definition) is 3. The first-order chi connectivity index (χ1) is 8.15. The van der Waals surface area contributed by atoms with Gasteiger partial charge in [-0.3, -0.25) is 0 Å². The van der Waals surface area contributed by atoms with Gasteiger partial charge in [0.15, 0.2) is 0 Å². The van der Waals surface area contributed by atoms with Crippen LogP contribution in [0, 0.1) is 6.92 Å². The van der Waals surface area contributed by atoms with Gasteiger partial charge in [-0.05, 0) is 37.6 Å². The Bertz CT molecular complexity index is 477. The Morgan fingerprint density at radius 1 is 1.35 bits per heavy atom. The number of phenolic OH excluding ortho intramolecular Hbond substituents is 1. The van der Waals surface area contributed by atoms with E-state index in [2.05, 4.69) is 12.2 Å². The summed E-state index contributed by atoms with van der Waals surface area (Å²) in [6.45, 7) is 3.96. The fraction of sp³-hybridized carbons (Fsp3) is 0.286. The zero-order chi connectivity index (χ0) is 12.3. The average molecular weight is 231 g/mol. The summed E-state index contributed by atoms with van der Waals surface area (Å²) in [6.07, 6.45) is 2.50. The summed E-state index contributed by atoms with van der Waals surface area (Å²) < 4.78 is 5.30. The molecule has 1 unspecified atom stereocenters. The second-order valence-electron chi connectivity index (χ2n) is 4.33. The van der Waals surface area contributed by atoms with E-state index in [4.69, 9.17) is 4.42 Å². The number of phenols is 1. The lowest BCUT2D eigenvalue weighted by molar-refractivity contribution is 0.471. The lowest BCUT2D eigenvalue weighted by Gasteiger charge is -2.14. The van der Waals surface area contributed by atoms with Crippen molar-refractivity contribution in [3.8, 4) is 5.75 Å². The second kappa shape index (κ2) is 4.95. The topological polar surface area (TPSA) is 45.4 Å². The predicted molar refractivity (Wildman–Crippen MR) is 68.3 cm³/mol. The van der Waals surface area contributed by atoms with Crippen molar-refractivity contribution in [1.82, 2.24) is 0 Å². The third kappa shape index (κ3) is 3.03. The molecular formula is C14H17NO2. The van der Waals surface area contributed by atoms with Crippen LogP contribution in [0.15, 0.2) is 41.0 Å². The monoisotopic (exact) mass is 231 g/mol. The summed E-state index contributed by atoms with van der Waals surface area (Å²) in [4.78, 5) is 0. The number of aromatic hydroxyl groups is 1. The fourth-order valence-electron chi connectivity index (χ4n) is 1.77. The summed E-state index contributed by atoms with van der Waals surface area (Å²) >= 11 is 0. The number of hydrogen-bond donors (Lipinski definition) is 2. The van der Waals surface area contributed by atoms with Crippen molar-refractivity contribution in [2.24, 2.45) is 0 Å². The number of anilines is 1. The normalized spacial score (nSPS) is 12.4. The molecule has 0 amide bonds. The van der Waals surface area contributed by atoms with Crippen LogP contribution in [-0.4, -0.2) is 11.1 Å². The molecule has 2 aromatic rings. The van der Waals surface area contributed by atoms with Crippen LogP contribution in [-0.2, 0) is 6.42 Å². The van der Waals surface area contributed by atoms with Crippen molar-refractivity contribution in [2.45, 2.75) is 26.3 Å². The first-order valence-corrected chi connectivity index (χ1v) is 5.73. The molecule has 1 aromatic heterocycles. The molecule has 0 radical (unpaired) electrons. The zero-order valence-electron chi connectivity index (χ0n) is 10.1. The van der Waals surface area contributed by atoms with Crippen molar-refractivity contribution < 1.29 is 9.52 Å². The molecule has 1 aromatic carbocycles. The first kappa shape index (κ1) is 11.6. The van der Waals surface area contributed by atoms with E-state index in [-0.39, 0.29) is 6.04 Å². The van der Waals surface area contributed by atoms with Crippen molar-refractivity contribution in [3.63, 3.8) is 0 Å². The van der Waals surface area contributed by atoms with Gasteiger partial charge in [0, 0.05) is 24.2 Å². The van der Waals surface area contributed by atoms with Gasteiger partial charge in [-0.2, -0.15) is 0 Å². The lowest BCUT2D eigenvalue weighted by Crippen LogP contribution is -2.17. The lowest BCUT2D eigenvalue weighted by atomic mass is 10.1. The summed E-state index contributed by atoms with van der Waals surface area (Å²) in [7, 11) is 0. The molecule has 0 aliphatic heterocycles. The minimum Gasteiger partial charge on any atom is -0.508 e. The van der Waals surface area contributed by atoms with Crippen LogP contribution < -0.4 is 5.32 Å². The van der Waals surface area contributed by atoms with E-state index >= 15 is 0 Å². The van der Waals surface area contributed by atoms with E-state index in [0.717, 1.165) is 23.4 Å². The van der Waals surface area contributed by atoms with Gasteiger partial charge in [-0.1, -0.05) is 6.07 Å². The molecular weight excluding hydrogens is 214 g/mol. The molecule has 0 saturated heterocycles. The number of nitrogens with one attached hydrogen (secondary N) is 1. The summed E-state index contributed by atoms with van der Waals surface area (Å²) in [5.74, 6) is 1.28. The minimum absolute atomic E-state index is 0.253. The van der Waals surface area contributed by atoms with Crippen molar-refractivity contribution in [3.05, 3.63) is 47.9 Å². The van der Waals surface area contributed by atoms with Gasteiger partial charge < -0.3 is 14.8 Å². The van der Waals surface area contributed by atoms with E-state index in [1.807, 2.05) is 31.2 Å².